The van der Waals surface area contributed by atoms with Crippen molar-refractivity contribution in [3.8, 4) is 5.75 Å². The van der Waals surface area contributed by atoms with E-state index in [1.165, 1.54) is 16.1 Å². The van der Waals surface area contributed by atoms with Crippen molar-refractivity contribution in [3.05, 3.63) is 28.2 Å². The average molecular weight is 292 g/mol. The Kier molecular flexibility index (Phi) is 4.79. The molecule has 2 aromatic rings. The monoisotopic (exact) mass is 292 g/mol. The summed E-state index contributed by atoms with van der Waals surface area (Å²) in [5.74, 6) is 2.06. The van der Waals surface area contributed by atoms with Gasteiger partial charge >= 0.3 is 0 Å². The van der Waals surface area contributed by atoms with Crippen molar-refractivity contribution in [2.45, 2.75) is 26.8 Å². The van der Waals surface area contributed by atoms with Crippen molar-refractivity contribution < 1.29 is 4.74 Å². The van der Waals surface area contributed by atoms with Crippen LogP contribution < -0.4 is 15.4 Å². The first-order valence-electron chi connectivity index (χ1n) is 6.61. The minimum absolute atomic E-state index is 0.173. The molecule has 0 aliphatic rings. The van der Waals surface area contributed by atoms with E-state index in [9.17, 15) is 0 Å². The Balaban J connectivity index is 2.22. The van der Waals surface area contributed by atoms with E-state index >= 15 is 0 Å². The van der Waals surface area contributed by atoms with Gasteiger partial charge in [-0.2, -0.15) is 0 Å². The van der Waals surface area contributed by atoms with Gasteiger partial charge in [0.25, 0.3) is 0 Å². The Hall–Kier alpha value is -1.82. The summed E-state index contributed by atoms with van der Waals surface area (Å²) in [4.78, 5) is 11.1. The number of rotatable bonds is 6. The largest absolute Gasteiger partial charge is 0.490 e. The minimum Gasteiger partial charge on any atom is -0.490 e. The topological polar surface area (TPSA) is 59.1 Å². The van der Waals surface area contributed by atoms with Crippen molar-refractivity contribution in [1.82, 2.24) is 9.97 Å². The lowest BCUT2D eigenvalue weighted by Crippen LogP contribution is -2.10. The summed E-state index contributed by atoms with van der Waals surface area (Å²) in [6.07, 6.45) is 1.54. The molecule has 20 heavy (non-hydrogen) atoms. The fraction of sp³-hybridized carbons (Fsp3) is 0.429. The van der Waals surface area contributed by atoms with Crippen molar-refractivity contribution in [1.29, 1.82) is 0 Å². The Morgan fingerprint density at radius 3 is 2.65 bits per heavy atom. The molecule has 1 unspecified atom stereocenters. The second-order valence-corrected chi connectivity index (χ2v) is 5.77. The highest BCUT2D eigenvalue weighted by molar-refractivity contribution is 7.12. The number of ether oxygens (including phenoxy) is 1. The third-order valence-corrected chi connectivity index (χ3v) is 4.08. The maximum atomic E-state index is 5.42. The van der Waals surface area contributed by atoms with E-state index in [0.29, 0.717) is 17.4 Å². The smallest absolute Gasteiger partial charge is 0.204 e. The van der Waals surface area contributed by atoms with Crippen molar-refractivity contribution in [2.24, 2.45) is 0 Å². The van der Waals surface area contributed by atoms with E-state index in [0.717, 1.165) is 6.54 Å². The van der Waals surface area contributed by atoms with Crippen LogP contribution in [-0.4, -0.2) is 23.6 Å². The fourth-order valence-electron chi connectivity index (χ4n) is 1.93. The summed E-state index contributed by atoms with van der Waals surface area (Å²) in [6.45, 7) is 7.02. The van der Waals surface area contributed by atoms with Crippen molar-refractivity contribution in [2.75, 3.05) is 24.3 Å². The molecule has 0 bridgehead atoms. The van der Waals surface area contributed by atoms with Crippen molar-refractivity contribution in [3.63, 3.8) is 0 Å². The average Bonchev–Trinajstić information content (AvgIpc) is 2.86. The Labute approximate surface area is 123 Å². The number of thiophene rings is 1. The zero-order valence-electron chi connectivity index (χ0n) is 12.2. The van der Waals surface area contributed by atoms with Crippen LogP contribution in [0.4, 0.5) is 11.6 Å². The zero-order chi connectivity index (χ0) is 14.5. The van der Waals surface area contributed by atoms with Crippen LogP contribution in [0.25, 0.3) is 0 Å². The first-order valence-corrected chi connectivity index (χ1v) is 7.43. The van der Waals surface area contributed by atoms with E-state index in [2.05, 4.69) is 46.6 Å². The molecule has 2 rings (SSSR count). The fourth-order valence-corrected chi connectivity index (χ4v) is 2.81. The lowest BCUT2D eigenvalue weighted by Gasteiger charge is -2.17. The van der Waals surface area contributed by atoms with Crippen LogP contribution in [0.2, 0.25) is 0 Å². The summed E-state index contributed by atoms with van der Waals surface area (Å²) in [5.41, 5.74) is 0. The number of hydrogen-bond donors (Lipinski definition) is 2. The molecule has 0 saturated carbocycles. The van der Waals surface area contributed by atoms with Gasteiger partial charge in [-0.05, 0) is 32.9 Å². The van der Waals surface area contributed by atoms with E-state index in [1.54, 1.807) is 18.4 Å². The molecule has 2 N–H and O–H groups in total. The van der Waals surface area contributed by atoms with E-state index in [4.69, 9.17) is 4.74 Å². The van der Waals surface area contributed by atoms with Crippen molar-refractivity contribution >= 4 is 23.0 Å². The van der Waals surface area contributed by atoms with Crippen LogP contribution in [0, 0.1) is 6.92 Å². The summed E-state index contributed by atoms with van der Waals surface area (Å²) in [7, 11) is 1.63. The number of nitrogens with zero attached hydrogens (tertiary/aromatic N) is 2. The number of anilines is 2. The summed E-state index contributed by atoms with van der Waals surface area (Å²) >= 11 is 1.78. The molecule has 0 amide bonds. The first kappa shape index (κ1) is 14.6. The molecule has 2 heterocycles. The van der Waals surface area contributed by atoms with Gasteiger partial charge in [0, 0.05) is 16.3 Å². The molecule has 0 saturated heterocycles. The third kappa shape index (κ3) is 3.19. The van der Waals surface area contributed by atoms with Gasteiger partial charge in [-0.15, -0.1) is 11.3 Å². The van der Waals surface area contributed by atoms with Crippen LogP contribution in [0.15, 0.2) is 18.5 Å². The summed E-state index contributed by atoms with van der Waals surface area (Å²) < 4.78 is 5.42. The summed E-state index contributed by atoms with van der Waals surface area (Å²) in [6, 6.07) is 4.43. The summed E-state index contributed by atoms with van der Waals surface area (Å²) in [5, 5.41) is 6.56. The van der Waals surface area contributed by atoms with Gasteiger partial charge in [0.15, 0.2) is 11.6 Å². The Morgan fingerprint density at radius 2 is 2.05 bits per heavy atom. The van der Waals surface area contributed by atoms with Crippen LogP contribution in [0.1, 0.15) is 29.6 Å². The molecule has 0 aliphatic heterocycles. The molecule has 6 heteroatoms. The van der Waals surface area contributed by atoms with Gasteiger partial charge in [-0.1, -0.05) is 0 Å². The van der Waals surface area contributed by atoms with Gasteiger partial charge in [-0.25, -0.2) is 9.97 Å². The first-order chi connectivity index (χ1) is 9.65. The normalized spacial score (nSPS) is 12.0. The molecule has 0 spiro atoms. The molecular weight excluding hydrogens is 272 g/mol. The maximum Gasteiger partial charge on any atom is 0.204 e. The zero-order valence-corrected chi connectivity index (χ0v) is 13.0. The second kappa shape index (κ2) is 6.56. The van der Waals surface area contributed by atoms with Crippen LogP contribution >= 0.6 is 11.3 Å². The SMILES string of the molecule is CCNc1ncnc(NC(C)c2ccc(C)s2)c1OC. The molecule has 108 valence electrons. The highest BCUT2D eigenvalue weighted by atomic mass is 32.1. The molecular formula is C14H20N4OS. The lowest BCUT2D eigenvalue weighted by atomic mass is 10.2. The third-order valence-electron chi connectivity index (χ3n) is 2.89. The van der Waals surface area contributed by atoms with Gasteiger partial charge in [0.1, 0.15) is 6.33 Å². The number of nitrogens with one attached hydrogen (secondary N) is 2. The highest BCUT2D eigenvalue weighted by Crippen LogP contribution is 2.32. The van der Waals surface area contributed by atoms with Gasteiger partial charge < -0.3 is 15.4 Å². The van der Waals surface area contributed by atoms with E-state index in [1.807, 2.05) is 6.92 Å². The van der Waals surface area contributed by atoms with Gasteiger partial charge in [0.2, 0.25) is 5.75 Å². The lowest BCUT2D eigenvalue weighted by molar-refractivity contribution is 0.414. The minimum atomic E-state index is 0.173. The molecule has 2 aromatic heterocycles. The maximum absolute atomic E-state index is 5.42. The molecule has 0 radical (unpaired) electrons. The standard InChI is InChI=1S/C14H20N4OS/c1-5-15-13-12(19-4)14(17-8-16-13)18-10(3)11-7-6-9(2)20-11/h6-8,10H,5H2,1-4H3,(H2,15,16,17,18). The van der Waals surface area contributed by atoms with E-state index in [-0.39, 0.29) is 6.04 Å². The van der Waals surface area contributed by atoms with Crippen LogP contribution in [0.3, 0.4) is 0 Å². The molecule has 0 fully saturated rings. The number of aryl methyl sites for hydroxylation is 1. The van der Waals surface area contributed by atoms with E-state index < -0.39 is 0 Å². The van der Waals surface area contributed by atoms with Crippen LogP contribution in [-0.2, 0) is 0 Å². The molecule has 5 nitrogen and oxygen atoms in total. The number of methoxy groups -OCH3 is 1. The van der Waals surface area contributed by atoms with Gasteiger partial charge in [-0.3, -0.25) is 0 Å². The molecule has 1 atom stereocenters. The Morgan fingerprint density at radius 1 is 1.30 bits per heavy atom. The predicted molar refractivity (Wildman–Crippen MR) is 83.8 cm³/mol. The van der Waals surface area contributed by atoms with Gasteiger partial charge in [0.05, 0.1) is 13.2 Å². The predicted octanol–water partition coefficient (Wildman–Crippen LogP) is 3.46. The molecule has 0 aliphatic carbocycles. The number of aromatic nitrogens is 2. The van der Waals surface area contributed by atoms with Crippen LogP contribution in [0.5, 0.6) is 5.75 Å². The molecule has 0 aromatic carbocycles. The second-order valence-electron chi connectivity index (χ2n) is 4.45. The highest BCUT2D eigenvalue weighted by Gasteiger charge is 2.15. The number of hydrogen-bond acceptors (Lipinski definition) is 6. The quantitative estimate of drug-likeness (QED) is 0.854. The Bertz CT molecular complexity index is 570.